The highest BCUT2D eigenvalue weighted by Crippen LogP contribution is 2.34. The molecule has 1 aliphatic rings. The van der Waals surface area contributed by atoms with E-state index in [1.54, 1.807) is 56.3 Å². The molecule has 184 valence electrons. The first-order valence-electron chi connectivity index (χ1n) is 11.0. The van der Waals surface area contributed by atoms with E-state index in [-0.39, 0.29) is 24.7 Å². The van der Waals surface area contributed by atoms with Gasteiger partial charge >= 0.3 is 5.97 Å². The van der Waals surface area contributed by atoms with Gasteiger partial charge in [0, 0.05) is 5.69 Å². The number of esters is 1. The smallest absolute Gasteiger partial charge is 0.344 e. The number of anilines is 1. The molecule has 1 saturated heterocycles. The molecule has 9 nitrogen and oxygen atoms in total. The number of carbonyl (C=O) groups excluding carboxylic acids is 4. The number of thioether (sulfide) groups is 1. The van der Waals surface area contributed by atoms with Gasteiger partial charge in [-0.05, 0) is 74.0 Å². The Bertz CT molecular complexity index is 1160. The largest absolute Gasteiger partial charge is 0.490 e. The van der Waals surface area contributed by atoms with Gasteiger partial charge in [-0.25, -0.2) is 4.79 Å². The second-order valence-corrected chi connectivity index (χ2v) is 8.41. The van der Waals surface area contributed by atoms with Gasteiger partial charge in [-0.15, -0.1) is 0 Å². The zero-order valence-electron chi connectivity index (χ0n) is 19.7. The zero-order valence-corrected chi connectivity index (χ0v) is 20.5. The molecule has 3 rings (SSSR count). The number of imide groups is 1. The highest BCUT2D eigenvalue weighted by molar-refractivity contribution is 8.18. The molecule has 0 atom stereocenters. The van der Waals surface area contributed by atoms with Gasteiger partial charge in [0.05, 0.1) is 18.1 Å². The van der Waals surface area contributed by atoms with E-state index in [4.69, 9.17) is 14.2 Å². The summed E-state index contributed by atoms with van der Waals surface area (Å²) in [5, 5.41) is 2.17. The first-order chi connectivity index (χ1) is 16.8. The van der Waals surface area contributed by atoms with Crippen molar-refractivity contribution < 1.29 is 33.4 Å². The Kier molecular flexibility index (Phi) is 8.91. The second kappa shape index (κ2) is 12.1. The molecule has 10 heteroatoms. The molecule has 0 aliphatic carbocycles. The molecule has 2 aromatic rings. The van der Waals surface area contributed by atoms with Gasteiger partial charge < -0.3 is 19.5 Å². The van der Waals surface area contributed by atoms with E-state index in [2.05, 4.69) is 5.32 Å². The van der Waals surface area contributed by atoms with Gasteiger partial charge in [-0.3, -0.25) is 19.3 Å². The van der Waals surface area contributed by atoms with Crippen LogP contribution in [0.25, 0.3) is 6.08 Å². The van der Waals surface area contributed by atoms with Crippen LogP contribution in [0.1, 0.15) is 25.0 Å². The molecule has 3 amide bonds. The summed E-state index contributed by atoms with van der Waals surface area (Å²) in [6.45, 7) is 5.35. The molecule has 0 spiro atoms. The van der Waals surface area contributed by atoms with E-state index in [1.165, 1.54) is 0 Å². The molecule has 1 aliphatic heterocycles. The predicted octanol–water partition coefficient (Wildman–Crippen LogP) is 4.01. The van der Waals surface area contributed by atoms with Crippen molar-refractivity contribution in [3.8, 4) is 11.5 Å². The highest BCUT2D eigenvalue weighted by Gasteiger charge is 2.36. The molecule has 0 bridgehead atoms. The van der Waals surface area contributed by atoms with Crippen LogP contribution in [0.15, 0.2) is 47.4 Å². The molecule has 1 fully saturated rings. The fourth-order valence-corrected chi connectivity index (χ4v) is 4.03. The minimum absolute atomic E-state index is 0.181. The minimum Gasteiger partial charge on any atom is -0.490 e. The molecule has 0 unspecified atom stereocenters. The third-order valence-electron chi connectivity index (χ3n) is 4.69. The van der Waals surface area contributed by atoms with Crippen molar-refractivity contribution in [2.24, 2.45) is 0 Å². The Morgan fingerprint density at radius 3 is 2.54 bits per heavy atom. The highest BCUT2D eigenvalue weighted by atomic mass is 32.2. The summed E-state index contributed by atoms with van der Waals surface area (Å²) in [6.07, 6.45) is 1.54. The third kappa shape index (κ3) is 7.10. The normalized spacial score (nSPS) is 14.3. The maximum absolute atomic E-state index is 12.8. The van der Waals surface area contributed by atoms with Gasteiger partial charge in [0.2, 0.25) is 5.91 Å². The summed E-state index contributed by atoms with van der Waals surface area (Å²) in [7, 11) is 0. The average molecular weight is 499 g/mol. The quantitative estimate of drug-likeness (QED) is 0.386. The topological polar surface area (TPSA) is 111 Å². The Morgan fingerprint density at radius 2 is 1.83 bits per heavy atom. The zero-order chi connectivity index (χ0) is 25.4. The van der Waals surface area contributed by atoms with Crippen molar-refractivity contribution in [1.29, 1.82) is 0 Å². The van der Waals surface area contributed by atoms with Crippen molar-refractivity contribution in [2.75, 3.05) is 31.7 Å². The molecule has 1 N–H and O–H groups in total. The number of carbonyl (C=O) groups is 4. The average Bonchev–Trinajstić information content (AvgIpc) is 3.06. The summed E-state index contributed by atoms with van der Waals surface area (Å²) < 4.78 is 15.9. The summed E-state index contributed by atoms with van der Waals surface area (Å²) in [6, 6.07) is 12.1. The number of hydrogen-bond acceptors (Lipinski definition) is 8. The van der Waals surface area contributed by atoms with Crippen molar-refractivity contribution >= 4 is 46.5 Å². The molecular formula is C25H26N2O7S. The number of amides is 3. The SMILES string of the molecule is CCOC(=O)COc1ccc(/C=C2/SC(=O)N(CC(=O)Nc3cccc(C)c3)C2=O)cc1OCC. The van der Waals surface area contributed by atoms with Crippen LogP contribution in [-0.4, -0.2) is 54.3 Å². The van der Waals surface area contributed by atoms with Gasteiger partial charge in [-0.1, -0.05) is 18.2 Å². The molecule has 0 aromatic heterocycles. The number of hydrogen-bond donors (Lipinski definition) is 1. The summed E-state index contributed by atoms with van der Waals surface area (Å²) in [4.78, 5) is 50.3. The van der Waals surface area contributed by atoms with Gasteiger partial charge in [0.15, 0.2) is 18.1 Å². The summed E-state index contributed by atoms with van der Waals surface area (Å²) in [5.74, 6) is -0.805. The standard InChI is InChI=1S/C25H26N2O7S/c1-4-32-20-12-17(9-10-19(20)34-15-23(29)33-5-2)13-21-24(30)27(25(31)35-21)14-22(28)26-18-8-6-7-16(3)11-18/h6-13H,4-5,14-15H2,1-3H3,(H,26,28)/b21-13+. The lowest BCUT2D eigenvalue weighted by Crippen LogP contribution is -2.36. The number of benzene rings is 2. The van der Waals surface area contributed by atoms with Crippen LogP contribution in [0, 0.1) is 6.92 Å². The van der Waals surface area contributed by atoms with E-state index in [9.17, 15) is 19.2 Å². The Balaban J connectivity index is 1.70. The molecule has 2 aromatic carbocycles. The van der Waals surface area contributed by atoms with Crippen LogP contribution in [0.5, 0.6) is 11.5 Å². The number of ether oxygens (including phenoxy) is 3. The lowest BCUT2D eigenvalue weighted by molar-refractivity contribution is -0.145. The molecule has 35 heavy (non-hydrogen) atoms. The van der Waals surface area contributed by atoms with Crippen molar-refractivity contribution in [3.63, 3.8) is 0 Å². The lowest BCUT2D eigenvalue weighted by Gasteiger charge is -2.13. The maximum atomic E-state index is 12.8. The molecule has 0 radical (unpaired) electrons. The molecular weight excluding hydrogens is 472 g/mol. The predicted molar refractivity (Wildman–Crippen MR) is 132 cm³/mol. The molecule has 1 heterocycles. The van der Waals surface area contributed by atoms with Gasteiger partial charge in [-0.2, -0.15) is 0 Å². The van der Waals surface area contributed by atoms with E-state index >= 15 is 0 Å². The van der Waals surface area contributed by atoms with Crippen LogP contribution in [-0.2, 0) is 19.1 Å². The lowest BCUT2D eigenvalue weighted by atomic mass is 10.2. The minimum atomic E-state index is -0.556. The first-order valence-corrected chi connectivity index (χ1v) is 11.8. The number of aryl methyl sites for hydroxylation is 1. The van der Waals surface area contributed by atoms with Crippen molar-refractivity contribution in [3.05, 3.63) is 58.5 Å². The fraction of sp³-hybridized carbons (Fsp3) is 0.280. The van der Waals surface area contributed by atoms with Crippen LogP contribution in [0.4, 0.5) is 10.5 Å². The van der Waals surface area contributed by atoms with E-state index in [1.807, 2.05) is 13.0 Å². The van der Waals surface area contributed by atoms with Crippen LogP contribution >= 0.6 is 11.8 Å². The van der Waals surface area contributed by atoms with Gasteiger partial charge in [0.1, 0.15) is 6.54 Å². The second-order valence-electron chi connectivity index (χ2n) is 7.42. The van der Waals surface area contributed by atoms with Crippen molar-refractivity contribution in [1.82, 2.24) is 4.90 Å². The van der Waals surface area contributed by atoms with Gasteiger partial charge in [0.25, 0.3) is 11.1 Å². The van der Waals surface area contributed by atoms with E-state index in [0.29, 0.717) is 29.4 Å². The van der Waals surface area contributed by atoms with Crippen LogP contribution < -0.4 is 14.8 Å². The Hall–Kier alpha value is -3.79. The molecule has 0 saturated carbocycles. The maximum Gasteiger partial charge on any atom is 0.344 e. The number of nitrogens with one attached hydrogen (secondary N) is 1. The third-order valence-corrected chi connectivity index (χ3v) is 5.60. The summed E-state index contributed by atoms with van der Waals surface area (Å²) >= 11 is 0.756. The van der Waals surface area contributed by atoms with Crippen LogP contribution in [0.3, 0.4) is 0 Å². The van der Waals surface area contributed by atoms with Crippen LogP contribution in [0.2, 0.25) is 0 Å². The van der Waals surface area contributed by atoms with Crippen molar-refractivity contribution in [2.45, 2.75) is 20.8 Å². The number of rotatable bonds is 10. The number of nitrogens with zero attached hydrogens (tertiary/aromatic N) is 1. The first kappa shape index (κ1) is 25.8. The Labute approximate surface area is 207 Å². The van der Waals surface area contributed by atoms with E-state index < -0.39 is 23.0 Å². The monoisotopic (exact) mass is 498 g/mol. The summed E-state index contributed by atoms with van der Waals surface area (Å²) in [5.41, 5.74) is 2.15. The van der Waals surface area contributed by atoms with E-state index in [0.717, 1.165) is 22.2 Å². The fourth-order valence-electron chi connectivity index (χ4n) is 3.20. The Morgan fingerprint density at radius 1 is 1.03 bits per heavy atom.